The van der Waals surface area contributed by atoms with Gasteiger partial charge >= 0.3 is 10.2 Å². The van der Waals surface area contributed by atoms with Gasteiger partial charge in [0.2, 0.25) is 5.13 Å². The first-order valence-corrected chi connectivity index (χ1v) is 8.68. The van der Waals surface area contributed by atoms with E-state index in [2.05, 4.69) is 27.2 Å². The molecule has 1 aliphatic heterocycles. The van der Waals surface area contributed by atoms with E-state index in [4.69, 9.17) is 0 Å². The van der Waals surface area contributed by atoms with E-state index < -0.39 is 10.2 Å². The average molecular weight is 305 g/mol. The molecule has 1 aromatic heterocycles. The van der Waals surface area contributed by atoms with E-state index in [1.165, 1.54) is 21.2 Å². The maximum absolute atomic E-state index is 12.1. The molecular formula is C10H19N5O2S2. The summed E-state index contributed by atoms with van der Waals surface area (Å²) in [7, 11) is -3.48. The summed E-state index contributed by atoms with van der Waals surface area (Å²) >= 11 is 1.18. The lowest BCUT2D eigenvalue weighted by atomic mass is 9.98. The van der Waals surface area contributed by atoms with Crippen molar-refractivity contribution in [1.29, 1.82) is 0 Å². The fourth-order valence-electron chi connectivity index (χ4n) is 2.09. The van der Waals surface area contributed by atoms with Gasteiger partial charge in [-0.1, -0.05) is 18.3 Å². The van der Waals surface area contributed by atoms with E-state index in [1.807, 2.05) is 0 Å². The summed E-state index contributed by atoms with van der Waals surface area (Å²) in [5, 5.41) is 10.9. The molecule has 0 unspecified atom stereocenters. The topological polar surface area (TPSA) is 87.2 Å². The van der Waals surface area contributed by atoms with Crippen LogP contribution in [0.2, 0.25) is 0 Å². The Hall–Kier alpha value is -0.770. The maximum Gasteiger partial charge on any atom is 0.303 e. The number of rotatable bonds is 6. The van der Waals surface area contributed by atoms with Gasteiger partial charge in [-0.25, -0.2) is 4.72 Å². The zero-order valence-corrected chi connectivity index (χ0v) is 12.5. The first-order chi connectivity index (χ1) is 9.12. The Balaban J connectivity index is 1.86. The molecule has 7 nitrogen and oxygen atoms in total. The smallest absolute Gasteiger partial charge is 0.303 e. The van der Waals surface area contributed by atoms with Crippen molar-refractivity contribution >= 4 is 26.7 Å². The van der Waals surface area contributed by atoms with Crippen molar-refractivity contribution in [2.75, 3.05) is 30.9 Å². The van der Waals surface area contributed by atoms with Gasteiger partial charge in [-0.3, -0.25) is 0 Å². The van der Waals surface area contributed by atoms with Gasteiger partial charge in [0.1, 0.15) is 5.51 Å². The summed E-state index contributed by atoms with van der Waals surface area (Å²) in [5.41, 5.74) is 1.50. The quantitative estimate of drug-likeness (QED) is 0.800. The molecule has 2 rings (SSSR count). The summed E-state index contributed by atoms with van der Waals surface area (Å²) in [4.78, 5) is 0. The second kappa shape index (κ2) is 6.60. The molecule has 0 amide bonds. The van der Waals surface area contributed by atoms with Crippen molar-refractivity contribution < 1.29 is 8.42 Å². The summed E-state index contributed by atoms with van der Waals surface area (Å²) in [5.74, 6) is 0.563. The summed E-state index contributed by atoms with van der Waals surface area (Å²) < 4.78 is 28.2. The fourth-order valence-corrected chi connectivity index (χ4v) is 3.97. The Morgan fingerprint density at radius 1 is 1.47 bits per heavy atom. The lowest BCUT2D eigenvalue weighted by molar-refractivity contribution is 0.269. The first kappa shape index (κ1) is 14.6. The van der Waals surface area contributed by atoms with Crippen LogP contribution in [0.3, 0.4) is 0 Å². The zero-order valence-electron chi connectivity index (χ0n) is 10.9. The number of aromatic nitrogens is 2. The van der Waals surface area contributed by atoms with Crippen LogP contribution in [-0.2, 0) is 10.2 Å². The largest absolute Gasteiger partial charge is 0.317 e. The highest BCUT2D eigenvalue weighted by atomic mass is 32.2. The van der Waals surface area contributed by atoms with E-state index >= 15 is 0 Å². The molecule has 1 fully saturated rings. The van der Waals surface area contributed by atoms with Gasteiger partial charge in [-0.15, -0.1) is 10.2 Å². The van der Waals surface area contributed by atoms with E-state index in [0.717, 1.165) is 25.9 Å². The highest BCUT2D eigenvalue weighted by Crippen LogP contribution is 2.20. The van der Waals surface area contributed by atoms with E-state index in [9.17, 15) is 8.42 Å². The highest BCUT2D eigenvalue weighted by Gasteiger charge is 2.28. The summed E-state index contributed by atoms with van der Waals surface area (Å²) in [6, 6.07) is 0. The molecule has 1 aromatic rings. The fraction of sp³-hybridized carbons (Fsp3) is 0.800. The molecule has 2 N–H and O–H groups in total. The molecule has 0 saturated carbocycles. The third kappa shape index (κ3) is 4.10. The molecule has 0 spiro atoms. The highest BCUT2D eigenvalue weighted by molar-refractivity contribution is 7.90. The first-order valence-electron chi connectivity index (χ1n) is 6.36. The van der Waals surface area contributed by atoms with Gasteiger partial charge in [0.25, 0.3) is 0 Å². The number of hydrogen-bond acceptors (Lipinski definition) is 6. The average Bonchev–Trinajstić information content (AvgIpc) is 2.89. The van der Waals surface area contributed by atoms with Crippen LogP contribution in [0.25, 0.3) is 0 Å². The number of hydrogen-bond donors (Lipinski definition) is 2. The number of nitrogens with zero attached hydrogens (tertiary/aromatic N) is 3. The third-order valence-electron chi connectivity index (χ3n) is 3.17. The van der Waals surface area contributed by atoms with E-state index in [-0.39, 0.29) is 0 Å². The predicted molar refractivity (Wildman–Crippen MR) is 75.3 cm³/mol. The van der Waals surface area contributed by atoms with Crippen LogP contribution < -0.4 is 10.0 Å². The van der Waals surface area contributed by atoms with Gasteiger partial charge in [0.05, 0.1) is 0 Å². The Labute approximate surface area is 117 Å². The van der Waals surface area contributed by atoms with Crippen molar-refractivity contribution in [3.8, 4) is 0 Å². The molecule has 19 heavy (non-hydrogen) atoms. The van der Waals surface area contributed by atoms with Gasteiger partial charge < -0.3 is 5.32 Å². The van der Waals surface area contributed by atoms with Crippen LogP contribution in [0, 0.1) is 5.92 Å². The Morgan fingerprint density at radius 3 is 2.79 bits per heavy atom. The van der Waals surface area contributed by atoms with Crippen LogP contribution >= 0.6 is 11.3 Å². The second-order valence-corrected chi connectivity index (χ2v) is 7.00. The van der Waals surface area contributed by atoms with Crippen LogP contribution in [0.1, 0.15) is 19.8 Å². The Morgan fingerprint density at radius 2 is 2.21 bits per heavy atom. The molecule has 1 saturated heterocycles. The molecule has 1 aliphatic rings. The van der Waals surface area contributed by atoms with Crippen molar-refractivity contribution in [3.63, 3.8) is 0 Å². The normalized spacial score (nSPS) is 18.6. The summed E-state index contributed by atoms with van der Waals surface area (Å²) in [6.45, 7) is 5.12. The van der Waals surface area contributed by atoms with Gasteiger partial charge in [0, 0.05) is 13.1 Å². The molecule has 108 valence electrons. The molecular weight excluding hydrogens is 286 g/mol. The molecule has 0 radical (unpaired) electrons. The van der Waals surface area contributed by atoms with Gasteiger partial charge in [0.15, 0.2) is 0 Å². The molecule has 0 aromatic carbocycles. The van der Waals surface area contributed by atoms with Crippen LogP contribution in [0.15, 0.2) is 5.51 Å². The molecule has 0 bridgehead atoms. The van der Waals surface area contributed by atoms with E-state index in [0.29, 0.717) is 24.1 Å². The van der Waals surface area contributed by atoms with Crippen molar-refractivity contribution in [2.24, 2.45) is 5.92 Å². The molecule has 0 atom stereocenters. The second-order valence-electron chi connectivity index (χ2n) is 4.50. The lowest BCUT2D eigenvalue weighted by Crippen LogP contribution is -2.43. The van der Waals surface area contributed by atoms with Crippen molar-refractivity contribution in [2.45, 2.75) is 19.8 Å². The predicted octanol–water partition coefficient (Wildman–Crippen LogP) is 0.516. The number of nitrogens with one attached hydrogen (secondary N) is 2. The zero-order chi connectivity index (χ0) is 13.7. The standard InChI is InChI=1S/C10H19N5O2S2/c1-2-11-7-9-3-5-15(6-4-9)19(16,17)14-10-13-12-8-18-10/h8-9,11H,2-7H2,1H3,(H,13,14). The minimum Gasteiger partial charge on any atom is -0.317 e. The molecule has 0 aliphatic carbocycles. The van der Waals surface area contributed by atoms with Gasteiger partial charge in [-0.2, -0.15) is 12.7 Å². The number of piperidine rings is 1. The Bertz CT molecular complexity index is 468. The van der Waals surface area contributed by atoms with Gasteiger partial charge in [-0.05, 0) is 31.8 Å². The third-order valence-corrected chi connectivity index (χ3v) is 5.40. The van der Waals surface area contributed by atoms with Crippen LogP contribution in [-0.4, -0.2) is 49.1 Å². The van der Waals surface area contributed by atoms with Crippen LogP contribution in [0.4, 0.5) is 5.13 Å². The minimum atomic E-state index is -3.48. The minimum absolute atomic E-state index is 0.315. The van der Waals surface area contributed by atoms with E-state index in [1.54, 1.807) is 0 Å². The Kier molecular flexibility index (Phi) is 5.08. The SMILES string of the molecule is CCNCC1CCN(S(=O)(=O)Nc2nncs2)CC1. The molecule has 2 heterocycles. The van der Waals surface area contributed by atoms with Crippen LogP contribution in [0.5, 0.6) is 0 Å². The van der Waals surface area contributed by atoms with Crippen molar-refractivity contribution in [1.82, 2.24) is 19.8 Å². The number of anilines is 1. The molecule has 9 heteroatoms. The maximum atomic E-state index is 12.1. The monoisotopic (exact) mass is 305 g/mol. The summed E-state index contributed by atoms with van der Waals surface area (Å²) in [6.07, 6.45) is 1.79. The lowest BCUT2D eigenvalue weighted by Gasteiger charge is -2.30. The van der Waals surface area contributed by atoms with Crippen molar-refractivity contribution in [3.05, 3.63) is 5.51 Å².